The van der Waals surface area contributed by atoms with Crippen molar-refractivity contribution < 1.29 is 9.90 Å². The molecule has 0 spiro atoms. The molecule has 3 heteroatoms. The molecule has 0 fully saturated rings. The molecule has 0 saturated carbocycles. The Labute approximate surface area is 130 Å². The van der Waals surface area contributed by atoms with Crippen LogP contribution in [0.5, 0.6) is 0 Å². The van der Waals surface area contributed by atoms with Crippen molar-refractivity contribution in [3.8, 4) is 0 Å². The largest absolute Gasteiger partial charge is 0.478 e. The Morgan fingerprint density at radius 1 is 0.682 bits per heavy atom. The maximum absolute atomic E-state index is 11.3. The fraction of sp³-hybridized carbons (Fsp3) is 0. The van der Waals surface area contributed by atoms with Crippen LogP contribution in [0.3, 0.4) is 0 Å². The Balaban J connectivity index is 2.14. The third-order valence-corrected chi connectivity index (χ3v) is 5.80. The van der Waals surface area contributed by atoms with Gasteiger partial charge in [0, 0.05) is 0 Å². The number of carboxylic acid groups (broad SMARTS) is 1. The summed E-state index contributed by atoms with van der Waals surface area (Å²) in [5, 5.41) is 12.7. The molecule has 0 radical (unpaired) electrons. The SMILES string of the molecule is O=C(O)c1cccc(P(c2ccccc2)c2ccccc2)c1. The highest BCUT2D eigenvalue weighted by Gasteiger charge is 2.17. The Hall–Kier alpha value is -2.44. The van der Waals surface area contributed by atoms with Crippen molar-refractivity contribution in [2.24, 2.45) is 0 Å². The average Bonchev–Trinajstić information content (AvgIpc) is 2.57. The van der Waals surface area contributed by atoms with Crippen LogP contribution in [0.25, 0.3) is 0 Å². The summed E-state index contributed by atoms with van der Waals surface area (Å²) >= 11 is 0. The van der Waals surface area contributed by atoms with Crippen molar-refractivity contribution in [1.29, 1.82) is 0 Å². The molecule has 3 aromatic rings. The van der Waals surface area contributed by atoms with Crippen LogP contribution in [-0.2, 0) is 0 Å². The summed E-state index contributed by atoms with van der Waals surface area (Å²) in [7, 11) is -0.750. The van der Waals surface area contributed by atoms with E-state index in [0.29, 0.717) is 5.56 Å². The number of carbonyl (C=O) groups is 1. The van der Waals surface area contributed by atoms with E-state index in [1.165, 1.54) is 10.6 Å². The zero-order valence-electron chi connectivity index (χ0n) is 11.9. The summed E-state index contributed by atoms with van der Waals surface area (Å²) in [4.78, 5) is 11.3. The highest BCUT2D eigenvalue weighted by Crippen LogP contribution is 2.32. The second kappa shape index (κ2) is 6.55. The summed E-state index contributed by atoms with van der Waals surface area (Å²) in [5.41, 5.74) is 0.330. The van der Waals surface area contributed by atoms with Crippen LogP contribution in [0.4, 0.5) is 0 Å². The van der Waals surface area contributed by atoms with Gasteiger partial charge in [-0.25, -0.2) is 4.79 Å². The molecular weight excluding hydrogens is 291 g/mol. The first-order valence-electron chi connectivity index (χ1n) is 6.99. The molecule has 3 rings (SSSR count). The Morgan fingerprint density at radius 2 is 1.18 bits per heavy atom. The van der Waals surface area contributed by atoms with E-state index in [9.17, 15) is 9.90 Å². The quantitative estimate of drug-likeness (QED) is 0.752. The van der Waals surface area contributed by atoms with Gasteiger partial charge >= 0.3 is 5.97 Å². The predicted octanol–water partition coefficient (Wildman–Crippen LogP) is 3.14. The maximum atomic E-state index is 11.3. The molecule has 0 aliphatic heterocycles. The first-order valence-corrected chi connectivity index (χ1v) is 8.33. The van der Waals surface area contributed by atoms with Gasteiger partial charge in [0.2, 0.25) is 0 Å². The van der Waals surface area contributed by atoms with Crippen molar-refractivity contribution in [3.05, 3.63) is 90.5 Å². The molecule has 2 nitrogen and oxygen atoms in total. The van der Waals surface area contributed by atoms with Gasteiger partial charge in [0.1, 0.15) is 0 Å². The van der Waals surface area contributed by atoms with Crippen LogP contribution >= 0.6 is 7.92 Å². The van der Waals surface area contributed by atoms with E-state index in [0.717, 1.165) is 5.30 Å². The Kier molecular flexibility index (Phi) is 4.32. The van der Waals surface area contributed by atoms with Gasteiger partial charge in [0.15, 0.2) is 0 Å². The topological polar surface area (TPSA) is 37.3 Å². The normalized spacial score (nSPS) is 10.6. The van der Waals surface area contributed by atoms with Gasteiger partial charge in [-0.1, -0.05) is 72.8 Å². The lowest BCUT2D eigenvalue weighted by Gasteiger charge is -2.19. The van der Waals surface area contributed by atoms with E-state index in [1.807, 2.05) is 48.5 Å². The molecule has 0 aliphatic rings. The minimum absolute atomic E-state index is 0.330. The summed E-state index contributed by atoms with van der Waals surface area (Å²) in [6, 6.07) is 27.7. The van der Waals surface area contributed by atoms with Crippen LogP contribution in [0, 0.1) is 0 Å². The van der Waals surface area contributed by atoms with Gasteiger partial charge < -0.3 is 5.11 Å². The van der Waals surface area contributed by atoms with E-state index in [-0.39, 0.29) is 0 Å². The fourth-order valence-electron chi connectivity index (χ4n) is 2.38. The molecule has 3 aromatic carbocycles. The predicted molar refractivity (Wildman–Crippen MR) is 92.1 cm³/mol. The van der Waals surface area contributed by atoms with Gasteiger partial charge in [0.05, 0.1) is 5.56 Å². The Morgan fingerprint density at radius 3 is 1.68 bits per heavy atom. The lowest BCUT2D eigenvalue weighted by molar-refractivity contribution is 0.0697. The van der Waals surface area contributed by atoms with Crippen LogP contribution in [0.2, 0.25) is 0 Å². The van der Waals surface area contributed by atoms with Gasteiger partial charge in [-0.15, -0.1) is 0 Å². The Bertz CT molecular complexity index is 730. The number of hydrogen-bond donors (Lipinski definition) is 1. The molecule has 0 aromatic heterocycles. The molecule has 22 heavy (non-hydrogen) atoms. The number of benzene rings is 3. The summed E-state index contributed by atoms with van der Waals surface area (Å²) < 4.78 is 0. The molecule has 1 N–H and O–H groups in total. The van der Waals surface area contributed by atoms with Crippen molar-refractivity contribution >= 4 is 29.8 Å². The second-order valence-electron chi connectivity index (χ2n) is 4.86. The van der Waals surface area contributed by atoms with Crippen LogP contribution in [-0.4, -0.2) is 11.1 Å². The number of hydrogen-bond acceptors (Lipinski definition) is 1. The minimum Gasteiger partial charge on any atom is -0.478 e. The average molecular weight is 306 g/mol. The summed E-state index contributed by atoms with van der Waals surface area (Å²) in [6.45, 7) is 0. The molecular formula is C19H15O2P. The molecule has 0 bridgehead atoms. The highest BCUT2D eigenvalue weighted by molar-refractivity contribution is 7.79. The zero-order chi connectivity index (χ0) is 15.4. The van der Waals surface area contributed by atoms with E-state index in [4.69, 9.17) is 0 Å². The lowest BCUT2D eigenvalue weighted by atomic mass is 10.2. The fourth-order valence-corrected chi connectivity index (χ4v) is 4.72. The standard InChI is InChI=1S/C19H15O2P/c20-19(21)15-8-7-13-18(14-15)22(16-9-3-1-4-10-16)17-11-5-2-6-12-17/h1-14H,(H,20,21). The second-order valence-corrected chi connectivity index (χ2v) is 7.08. The van der Waals surface area contributed by atoms with Gasteiger partial charge in [0.25, 0.3) is 0 Å². The summed E-state index contributed by atoms with van der Waals surface area (Å²) in [6.07, 6.45) is 0. The smallest absolute Gasteiger partial charge is 0.335 e. The van der Waals surface area contributed by atoms with E-state index >= 15 is 0 Å². The third kappa shape index (κ3) is 3.08. The first kappa shape index (κ1) is 14.5. The molecule has 0 aliphatic carbocycles. The molecule has 108 valence electrons. The molecule has 0 atom stereocenters. The van der Waals surface area contributed by atoms with Crippen LogP contribution in [0.15, 0.2) is 84.9 Å². The van der Waals surface area contributed by atoms with Crippen molar-refractivity contribution in [3.63, 3.8) is 0 Å². The van der Waals surface area contributed by atoms with Gasteiger partial charge in [-0.3, -0.25) is 0 Å². The number of rotatable bonds is 4. The zero-order valence-corrected chi connectivity index (χ0v) is 12.8. The molecule has 0 saturated heterocycles. The maximum Gasteiger partial charge on any atom is 0.335 e. The minimum atomic E-state index is -0.891. The van der Waals surface area contributed by atoms with Gasteiger partial charge in [-0.05, 0) is 36.0 Å². The van der Waals surface area contributed by atoms with Crippen molar-refractivity contribution in [1.82, 2.24) is 0 Å². The monoisotopic (exact) mass is 306 g/mol. The van der Waals surface area contributed by atoms with Crippen LogP contribution in [0.1, 0.15) is 10.4 Å². The van der Waals surface area contributed by atoms with Gasteiger partial charge in [-0.2, -0.15) is 0 Å². The van der Waals surface area contributed by atoms with E-state index in [1.54, 1.807) is 12.1 Å². The number of aromatic carboxylic acids is 1. The molecule has 0 unspecified atom stereocenters. The van der Waals surface area contributed by atoms with E-state index in [2.05, 4.69) is 24.3 Å². The lowest BCUT2D eigenvalue weighted by Crippen LogP contribution is -2.21. The highest BCUT2D eigenvalue weighted by atomic mass is 31.1. The van der Waals surface area contributed by atoms with E-state index < -0.39 is 13.9 Å². The number of carboxylic acids is 1. The first-order chi connectivity index (χ1) is 10.8. The van der Waals surface area contributed by atoms with Crippen molar-refractivity contribution in [2.45, 2.75) is 0 Å². The third-order valence-electron chi connectivity index (χ3n) is 3.38. The molecule has 0 amide bonds. The van der Waals surface area contributed by atoms with Crippen LogP contribution < -0.4 is 15.9 Å². The summed E-state index contributed by atoms with van der Waals surface area (Å²) in [5.74, 6) is -0.891. The van der Waals surface area contributed by atoms with Crippen molar-refractivity contribution in [2.75, 3.05) is 0 Å². The molecule has 0 heterocycles.